The Morgan fingerprint density at radius 3 is 2.75 bits per heavy atom. The number of hydrogen-bond donors (Lipinski definition) is 2. The maximum absolute atomic E-state index is 13.4. The summed E-state index contributed by atoms with van der Waals surface area (Å²) < 4.78 is 19.2. The number of rotatable bonds is 7. The zero-order chi connectivity index (χ0) is 14.2. The first-order valence-corrected chi connectivity index (χ1v) is 7.52. The van der Waals surface area contributed by atoms with E-state index in [2.05, 4.69) is 5.32 Å². The Bertz CT molecular complexity index is 394. The normalized spacial score (nSPS) is 18.1. The van der Waals surface area contributed by atoms with Crippen LogP contribution in [0.25, 0.3) is 0 Å². The van der Waals surface area contributed by atoms with Crippen LogP contribution in [0.3, 0.4) is 0 Å². The zero-order valence-corrected chi connectivity index (χ0v) is 11.9. The molecule has 3 nitrogen and oxygen atoms in total. The summed E-state index contributed by atoms with van der Waals surface area (Å²) in [5, 5.41) is 13.0. The number of benzene rings is 1. The highest BCUT2D eigenvalue weighted by Crippen LogP contribution is 2.20. The van der Waals surface area contributed by atoms with Crippen LogP contribution in [0.2, 0.25) is 0 Å². The predicted octanol–water partition coefficient (Wildman–Crippen LogP) is 2.80. The Morgan fingerprint density at radius 1 is 1.25 bits per heavy atom. The second-order valence-corrected chi connectivity index (χ2v) is 5.37. The van der Waals surface area contributed by atoms with Gasteiger partial charge in [-0.3, -0.25) is 0 Å². The lowest BCUT2D eigenvalue weighted by atomic mass is 9.98. The van der Waals surface area contributed by atoms with E-state index in [1.165, 1.54) is 25.3 Å². The molecule has 1 saturated carbocycles. The van der Waals surface area contributed by atoms with Gasteiger partial charge < -0.3 is 15.2 Å². The van der Waals surface area contributed by atoms with Crippen molar-refractivity contribution in [1.82, 2.24) is 5.32 Å². The van der Waals surface area contributed by atoms with E-state index in [9.17, 15) is 9.50 Å². The first-order chi connectivity index (χ1) is 9.77. The first-order valence-electron chi connectivity index (χ1n) is 7.52. The molecule has 1 aromatic rings. The van der Waals surface area contributed by atoms with Gasteiger partial charge in [-0.05, 0) is 18.9 Å². The summed E-state index contributed by atoms with van der Waals surface area (Å²) in [5.41, 5.74) is 0.341. The van der Waals surface area contributed by atoms with Crippen molar-refractivity contribution in [2.45, 2.75) is 44.3 Å². The van der Waals surface area contributed by atoms with Gasteiger partial charge in [0, 0.05) is 18.7 Å². The molecule has 2 N–H and O–H groups in total. The predicted molar refractivity (Wildman–Crippen MR) is 77.1 cm³/mol. The summed E-state index contributed by atoms with van der Waals surface area (Å²) in [7, 11) is 0. The van der Waals surface area contributed by atoms with Crippen molar-refractivity contribution in [1.29, 1.82) is 0 Å². The molecule has 1 aliphatic carbocycles. The number of ether oxygens (including phenoxy) is 1. The van der Waals surface area contributed by atoms with Crippen molar-refractivity contribution in [2.75, 3.05) is 19.7 Å². The molecule has 4 heteroatoms. The standard InChI is InChI=1S/C16H24FNO2/c17-15-9-5-4-8-14(15)16(19)12-18-10-11-20-13-6-2-1-3-7-13/h4-5,8-9,13,16,18-19H,1-3,6-7,10-12H2. The molecule has 1 fully saturated rings. The van der Waals surface area contributed by atoms with Gasteiger partial charge in [0.2, 0.25) is 0 Å². The van der Waals surface area contributed by atoms with E-state index in [0.29, 0.717) is 31.4 Å². The monoisotopic (exact) mass is 281 g/mol. The van der Waals surface area contributed by atoms with E-state index >= 15 is 0 Å². The van der Waals surface area contributed by atoms with E-state index in [0.717, 1.165) is 12.8 Å². The van der Waals surface area contributed by atoms with E-state index in [4.69, 9.17) is 4.74 Å². The lowest BCUT2D eigenvalue weighted by Gasteiger charge is -2.22. The lowest BCUT2D eigenvalue weighted by Crippen LogP contribution is -2.28. The number of halogens is 1. The molecular formula is C16H24FNO2. The van der Waals surface area contributed by atoms with Gasteiger partial charge in [0.1, 0.15) is 5.82 Å². The van der Waals surface area contributed by atoms with Crippen molar-refractivity contribution in [2.24, 2.45) is 0 Å². The quantitative estimate of drug-likeness (QED) is 0.755. The molecule has 0 spiro atoms. The Morgan fingerprint density at radius 2 is 2.00 bits per heavy atom. The van der Waals surface area contributed by atoms with Crippen LogP contribution in [0.4, 0.5) is 4.39 Å². The molecular weight excluding hydrogens is 257 g/mol. The smallest absolute Gasteiger partial charge is 0.129 e. The summed E-state index contributed by atoms with van der Waals surface area (Å²) in [5.74, 6) is -0.361. The third-order valence-electron chi connectivity index (χ3n) is 3.79. The molecule has 0 radical (unpaired) electrons. The molecule has 0 heterocycles. The molecule has 1 unspecified atom stereocenters. The number of hydrogen-bond acceptors (Lipinski definition) is 3. The topological polar surface area (TPSA) is 41.5 Å². The third kappa shape index (κ3) is 4.85. The molecule has 0 aliphatic heterocycles. The zero-order valence-electron chi connectivity index (χ0n) is 11.9. The van der Waals surface area contributed by atoms with Crippen LogP contribution in [0.1, 0.15) is 43.8 Å². The van der Waals surface area contributed by atoms with E-state index < -0.39 is 6.10 Å². The Hall–Kier alpha value is -0.970. The minimum Gasteiger partial charge on any atom is -0.387 e. The third-order valence-corrected chi connectivity index (χ3v) is 3.79. The minimum absolute atomic E-state index is 0.341. The molecule has 0 saturated heterocycles. The summed E-state index contributed by atoms with van der Waals surface area (Å²) in [6, 6.07) is 6.33. The fourth-order valence-electron chi connectivity index (χ4n) is 2.62. The Labute approximate surface area is 120 Å². The van der Waals surface area contributed by atoms with Crippen LogP contribution >= 0.6 is 0 Å². The summed E-state index contributed by atoms with van der Waals surface area (Å²) in [6.07, 6.45) is 5.78. The van der Waals surface area contributed by atoms with Crippen LogP contribution < -0.4 is 5.32 Å². The molecule has 2 rings (SSSR count). The average Bonchev–Trinajstić information content (AvgIpc) is 2.48. The Kier molecular flexibility index (Phi) is 6.43. The van der Waals surface area contributed by atoms with Crippen LogP contribution in [-0.4, -0.2) is 30.9 Å². The molecule has 0 bridgehead atoms. The molecule has 1 aromatic carbocycles. The first kappa shape index (κ1) is 15.4. The van der Waals surface area contributed by atoms with Crippen molar-refractivity contribution >= 4 is 0 Å². The van der Waals surface area contributed by atoms with Gasteiger partial charge in [0.15, 0.2) is 0 Å². The summed E-state index contributed by atoms with van der Waals surface area (Å²) in [4.78, 5) is 0. The molecule has 1 aliphatic rings. The highest BCUT2D eigenvalue weighted by atomic mass is 19.1. The molecule has 112 valence electrons. The van der Waals surface area contributed by atoms with Crippen LogP contribution in [-0.2, 0) is 4.74 Å². The number of aliphatic hydroxyl groups is 1. The van der Waals surface area contributed by atoms with Crippen molar-refractivity contribution in [3.8, 4) is 0 Å². The van der Waals surface area contributed by atoms with Gasteiger partial charge in [-0.2, -0.15) is 0 Å². The van der Waals surface area contributed by atoms with Crippen molar-refractivity contribution in [3.63, 3.8) is 0 Å². The molecule has 0 aromatic heterocycles. The summed E-state index contributed by atoms with van der Waals surface area (Å²) >= 11 is 0. The van der Waals surface area contributed by atoms with Gasteiger partial charge in [-0.25, -0.2) is 4.39 Å². The van der Waals surface area contributed by atoms with Crippen molar-refractivity contribution < 1.29 is 14.2 Å². The van der Waals surface area contributed by atoms with Gasteiger partial charge in [-0.15, -0.1) is 0 Å². The highest BCUT2D eigenvalue weighted by molar-refractivity contribution is 5.19. The fourth-order valence-corrected chi connectivity index (χ4v) is 2.62. The second-order valence-electron chi connectivity index (χ2n) is 5.37. The number of nitrogens with one attached hydrogen (secondary N) is 1. The Balaban J connectivity index is 1.60. The van der Waals surface area contributed by atoms with Crippen LogP contribution in [0.15, 0.2) is 24.3 Å². The largest absolute Gasteiger partial charge is 0.387 e. The van der Waals surface area contributed by atoms with Gasteiger partial charge in [0.25, 0.3) is 0 Å². The molecule has 20 heavy (non-hydrogen) atoms. The average molecular weight is 281 g/mol. The fraction of sp³-hybridized carbons (Fsp3) is 0.625. The minimum atomic E-state index is -0.814. The van der Waals surface area contributed by atoms with Gasteiger partial charge >= 0.3 is 0 Å². The second kappa shape index (κ2) is 8.35. The maximum atomic E-state index is 13.4. The SMILES string of the molecule is OC(CNCCOC1CCCCC1)c1ccccc1F. The van der Waals surface area contributed by atoms with E-state index in [1.54, 1.807) is 18.2 Å². The number of aliphatic hydroxyl groups excluding tert-OH is 1. The highest BCUT2D eigenvalue weighted by Gasteiger charge is 2.14. The van der Waals surface area contributed by atoms with E-state index in [1.807, 2.05) is 0 Å². The van der Waals surface area contributed by atoms with Crippen molar-refractivity contribution in [3.05, 3.63) is 35.6 Å². The molecule has 0 amide bonds. The van der Waals surface area contributed by atoms with Gasteiger partial charge in [-0.1, -0.05) is 37.5 Å². The maximum Gasteiger partial charge on any atom is 0.129 e. The van der Waals surface area contributed by atoms with Crippen LogP contribution in [0.5, 0.6) is 0 Å². The molecule has 1 atom stereocenters. The lowest BCUT2D eigenvalue weighted by molar-refractivity contribution is 0.0291. The van der Waals surface area contributed by atoms with E-state index in [-0.39, 0.29) is 5.82 Å². The summed E-state index contributed by atoms with van der Waals surface area (Å²) in [6.45, 7) is 1.67. The van der Waals surface area contributed by atoms with Gasteiger partial charge in [0.05, 0.1) is 18.8 Å². The van der Waals surface area contributed by atoms with Crippen LogP contribution in [0, 0.1) is 5.82 Å².